The summed E-state index contributed by atoms with van der Waals surface area (Å²) < 4.78 is 32.6. The van der Waals surface area contributed by atoms with Crippen LogP contribution >= 0.6 is 11.3 Å². The van der Waals surface area contributed by atoms with E-state index in [-0.39, 0.29) is 15.6 Å². The fourth-order valence-electron chi connectivity index (χ4n) is 2.23. The van der Waals surface area contributed by atoms with Crippen molar-refractivity contribution in [3.05, 3.63) is 57.5 Å². The van der Waals surface area contributed by atoms with Gasteiger partial charge in [0, 0.05) is 11.4 Å². The summed E-state index contributed by atoms with van der Waals surface area (Å²) in [6.07, 6.45) is 0. The Morgan fingerprint density at radius 3 is 2.62 bits per heavy atom. The van der Waals surface area contributed by atoms with Crippen LogP contribution in [0.4, 0.5) is 11.5 Å². The second kappa shape index (κ2) is 6.93. The number of amides is 1. The molecule has 0 saturated carbocycles. The normalized spacial score (nSPS) is 11.3. The molecular weight excluding hydrogens is 374 g/mol. The Morgan fingerprint density at radius 2 is 1.92 bits per heavy atom. The highest BCUT2D eigenvalue weighted by atomic mass is 32.2. The summed E-state index contributed by atoms with van der Waals surface area (Å²) in [5, 5.41) is 7.67. The molecule has 0 unspecified atom stereocenters. The lowest BCUT2D eigenvalue weighted by Crippen LogP contribution is -2.14. The van der Waals surface area contributed by atoms with E-state index >= 15 is 0 Å². The van der Waals surface area contributed by atoms with Crippen LogP contribution in [-0.4, -0.2) is 19.5 Å². The number of benzene rings is 1. The molecule has 1 amide bonds. The van der Waals surface area contributed by atoms with Crippen LogP contribution in [0, 0.1) is 20.8 Å². The van der Waals surface area contributed by atoms with Crippen molar-refractivity contribution < 1.29 is 17.7 Å². The zero-order valence-electron chi connectivity index (χ0n) is 14.4. The van der Waals surface area contributed by atoms with Crippen molar-refractivity contribution in [3.63, 3.8) is 0 Å². The molecule has 2 aromatic heterocycles. The van der Waals surface area contributed by atoms with Gasteiger partial charge < -0.3 is 9.84 Å². The van der Waals surface area contributed by atoms with Crippen molar-refractivity contribution in [2.24, 2.45) is 0 Å². The molecule has 136 valence electrons. The van der Waals surface area contributed by atoms with E-state index in [1.165, 1.54) is 11.4 Å². The van der Waals surface area contributed by atoms with Crippen molar-refractivity contribution in [1.29, 1.82) is 0 Å². The summed E-state index contributed by atoms with van der Waals surface area (Å²) in [6, 6.07) is 8.43. The Balaban J connectivity index is 1.79. The Morgan fingerprint density at radius 1 is 1.15 bits per heavy atom. The summed E-state index contributed by atoms with van der Waals surface area (Å²) in [5.74, 6) is 0.391. The van der Waals surface area contributed by atoms with Crippen molar-refractivity contribution in [2.75, 3.05) is 10.0 Å². The number of hydrogen-bond acceptors (Lipinski definition) is 6. The largest absolute Gasteiger partial charge is 0.360 e. The zero-order chi connectivity index (χ0) is 18.9. The smallest absolute Gasteiger partial charge is 0.267 e. The van der Waals surface area contributed by atoms with E-state index in [1.54, 1.807) is 19.1 Å². The Hall–Kier alpha value is -2.65. The summed E-state index contributed by atoms with van der Waals surface area (Å²) in [6.45, 7) is 5.41. The maximum absolute atomic E-state index is 12.6. The highest BCUT2D eigenvalue weighted by Gasteiger charge is 2.20. The molecule has 0 fully saturated rings. The van der Waals surface area contributed by atoms with Crippen LogP contribution in [0.5, 0.6) is 0 Å². The first-order valence-corrected chi connectivity index (χ1v) is 10.0. The van der Waals surface area contributed by atoms with Gasteiger partial charge in [-0.1, -0.05) is 17.3 Å². The number of nitrogens with one attached hydrogen (secondary N) is 2. The molecule has 2 heterocycles. The first-order chi connectivity index (χ1) is 12.2. The number of anilines is 2. The number of carbonyl (C=O) groups is 1. The Kier molecular flexibility index (Phi) is 4.84. The molecule has 0 bridgehead atoms. The molecule has 3 rings (SSSR count). The molecule has 0 aliphatic rings. The molecule has 2 N–H and O–H groups in total. The van der Waals surface area contributed by atoms with Crippen LogP contribution in [0.1, 0.15) is 26.6 Å². The average Bonchev–Trinajstić information content (AvgIpc) is 3.20. The molecule has 0 saturated heterocycles. The van der Waals surface area contributed by atoms with Gasteiger partial charge in [-0.2, -0.15) is 0 Å². The van der Waals surface area contributed by atoms with Crippen LogP contribution in [-0.2, 0) is 10.0 Å². The molecule has 0 atom stereocenters. The van der Waals surface area contributed by atoms with Gasteiger partial charge in [-0.3, -0.25) is 9.52 Å². The molecule has 7 nitrogen and oxygen atoms in total. The highest BCUT2D eigenvalue weighted by molar-refractivity contribution is 7.92. The Bertz CT molecular complexity index is 1070. The quantitative estimate of drug-likeness (QED) is 0.690. The fraction of sp³-hybridized carbons (Fsp3) is 0.176. The van der Waals surface area contributed by atoms with Gasteiger partial charge in [0.1, 0.15) is 5.76 Å². The average molecular weight is 391 g/mol. The number of carbonyl (C=O) groups excluding carboxylic acids is 1. The number of nitrogens with zero attached hydrogens (tertiary/aromatic N) is 1. The minimum atomic E-state index is -3.79. The van der Waals surface area contributed by atoms with Crippen LogP contribution in [0.25, 0.3) is 0 Å². The lowest BCUT2D eigenvalue weighted by molar-refractivity contribution is 0.102. The molecule has 26 heavy (non-hydrogen) atoms. The summed E-state index contributed by atoms with van der Waals surface area (Å²) in [4.78, 5) is 12.5. The summed E-state index contributed by atoms with van der Waals surface area (Å²) in [5.41, 5.74) is 2.27. The van der Waals surface area contributed by atoms with Crippen molar-refractivity contribution in [3.8, 4) is 0 Å². The second-order valence-corrected chi connectivity index (χ2v) is 8.44. The van der Waals surface area contributed by atoms with Crippen LogP contribution in [0.2, 0.25) is 0 Å². The topological polar surface area (TPSA) is 101 Å². The monoisotopic (exact) mass is 391 g/mol. The molecule has 0 aliphatic heterocycles. The van der Waals surface area contributed by atoms with Gasteiger partial charge in [-0.05, 0) is 44.0 Å². The first-order valence-electron chi connectivity index (χ1n) is 7.68. The lowest BCUT2D eigenvalue weighted by atomic mass is 10.1. The van der Waals surface area contributed by atoms with Gasteiger partial charge in [-0.25, -0.2) is 8.42 Å². The van der Waals surface area contributed by atoms with Gasteiger partial charge in [0.25, 0.3) is 15.9 Å². The number of aromatic nitrogens is 1. The molecule has 0 spiro atoms. The Labute approximate surface area is 155 Å². The second-order valence-electron chi connectivity index (χ2n) is 5.85. The molecule has 0 aliphatic carbocycles. The van der Waals surface area contributed by atoms with Crippen LogP contribution in [0.3, 0.4) is 0 Å². The zero-order valence-corrected chi connectivity index (χ0v) is 16.0. The van der Waals surface area contributed by atoms with Crippen molar-refractivity contribution >= 4 is 38.8 Å². The third-order valence-corrected chi connectivity index (χ3v) is 6.04. The van der Waals surface area contributed by atoms with Crippen molar-refractivity contribution in [2.45, 2.75) is 25.7 Å². The molecule has 1 aromatic carbocycles. The molecule has 9 heteroatoms. The van der Waals surface area contributed by atoms with E-state index in [9.17, 15) is 13.2 Å². The number of rotatable bonds is 5. The van der Waals surface area contributed by atoms with Gasteiger partial charge in [0.05, 0.1) is 15.5 Å². The minimum absolute atomic E-state index is 0.0323. The lowest BCUT2D eigenvalue weighted by Gasteiger charge is -2.10. The fourth-order valence-corrected chi connectivity index (χ4v) is 4.52. The van der Waals surface area contributed by atoms with E-state index in [1.807, 2.05) is 26.0 Å². The van der Waals surface area contributed by atoms with E-state index in [0.717, 1.165) is 22.5 Å². The maximum Gasteiger partial charge on any atom is 0.267 e. The maximum atomic E-state index is 12.6. The van der Waals surface area contributed by atoms with E-state index in [4.69, 9.17) is 4.52 Å². The van der Waals surface area contributed by atoms with Gasteiger partial charge >= 0.3 is 0 Å². The first kappa shape index (κ1) is 18.2. The van der Waals surface area contributed by atoms with E-state index in [0.29, 0.717) is 11.4 Å². The third kappa shape index (κ3) is 3.94. The third-order valence-electron chi connectivity index (χ3n) is 3.62. The molecule has 0 radical (unpaired) electrons. The summed E-state index contributed by atoms with van der Waals surface area (Å²) >= 11 is 1.04. The SMILES string of the molecule is Cc1ccc(C)c(NS(=O)(=O)c2csc(C(=O)Nc3cc(C)on3)c2)c1. The predicted octanol–water partition coefficient (Wildman–Crippen LogP) is 3.71. The number of sulfonamides is 1. The molecule has 3 aromatic rings. The van der Waals surface area contributed by atoms with Gasteiger partial charge in [0.2, 0.25) is 0 Å². The standard InChI is InChI=1S/C17H17N3O4S2/c1-10-4-5-11(2)14(6-10)20-26(22,23)13-8-15(25-9-13)17(21)18-16-7-12(3)24-19-16/h4-9,20H,1-3H3,(H,18,19,21). The number of aryl methyl sites for hydroxylation is 3. The van der Waals surface area contributed by atoms with Crippen LogP contribution in [0.15, 0.2) is 45.1 Å². The molecular formula is C17H17N3O4S2. The number of thiophene rings is 1. The van der Waals surface area contributed by atoms with E-state index in [2.05, 4.69) is 15.2 Å². The summed E-state index contributed by atoms with van der Waals surface area (Å²) in [7, 11) is -3.79. The highest BCUT2D eigenvalue weighted by Crippen LogP contribution is 2.25. The minimum Gasteiger partial charge on any atom is -0.360 e. The van der Waals surface area contributed by atoms with Gasteiger partial charge in [0.15, 0.2) is 5.82 Å². The van der Waals surface area contributed by atoms with E-state index < -0.39 is 15.9 Å². The predicted molar refractivity (Wildman–Crippen MR) is 100 cm³/mol. The van der Waals surface area contributed by atoms with Crippen LogP contribution < -0.4 is 10.0 Å². The van der Waals surface area contributed by atoms with Gasteiger partial charge in [-0.15, -0.1) is 11.3 Å². The number of hydrogen-bond donors (Lipinski definition) is 2. The van der Waals surface area contributed by atoms with Crippen molar-refractivity contribution in [1.82, 2.24) is 5.16 Å².